The summed E-state index contributed by atoms with van der Waals surface area (Å²) in [6, 6.07) is 17.6. The van der Waals surface area contributed by atoms with Crippen molar-refractivity contribution < 1.29 is 4.74 Å². The largest absolute Gasteiger partial charge is 0.491 e. The molecule has 0 saturated heterocycles. The lowest BCUT2D eigenvalue weighted by molar-refractivity contribution is 0.312. The Labute approximate surface area is 113 Å². The molecule has 2 N–H and O–H groups in total. The molecule has 3 nitrogen and oxygen atoms in total. The van der Waals surface area contributed by atoms with E-state index in [1.807, 2.05) is 24.3 Å². The van der Waals surface area contributed by atoms with Crippen molar-refractivity contribution in [1.82, 2.24) is 0 Å². The summed E-state index contributed by atoms with van der Waals surface area (Å²) in [7, 11) is 0. The fraction of sp³-hybridized carbons (Fsp3) is 0.188. The van der Waals surface area contributed by atoms with Crippen molar-refractivity contribution in [1.29, 1.82) is 5.26 Å². The summed E-state index contributed by atoms with van der Waals surface area (Å²) in [5.74, 6) is 0.590. The molecule has 2 rings (SSSR count). The number of anilines is 1. The fourth-order valence-corrected chi connectivity index (χ4v) is 1.87. The van der Waals surface area contributed by atoms with Crippen LogP contribution in [0.3, 0.4) is 0 Å². The van der Waals surface area contributed by atoms with Gasteiger partial charge < -0.3 is 10.5 Å². The number of hydrogen-bond acceptors (Lipinski definition) is 3. The van der Waals surface area contributed by atoms with Crippen molar-refractivity contribution >= 4 is 5.69 Å². The number of ether oxygens (including phenoxy) is 1. The molecule has 0 bridgehead atoms. The van der Waals surface area contributed by atoms with Crippen LogP contribution in [0, 0.1) is 11.3 Å². The third-order valence-electron chi connectivity index (χ3n) is 2.90. The second-order valence-corrected chi connectivity index (χ2v) is 4.27. The van der Waals surface area contributed by atoms with Crippen LogP contribution in [0.15, 0.2) is 48.5 Å². The highest BCUT2D eigenvalue weighted by Crippen LogP contribution is 2.24. The number of para-hydroxylation sites is 1. The zero-order valence-corrected chi connectivity index (χ0v) is 10.7. The van der Waals surface area contributed by atoms with Crippen molar-refractivity contribution in [2.24, 2.45) is 0 Å². The van der Waals surface area contributed by atoms with Gasteiger partial charge in [-0.25, -0.2) is 0 Å². The van der Waals surface area contributed by atoms with E-state index >= 15 is 0 Å². The van der Waals surface area contributed by atoms with Crippen LogP contribution in [0.1, 0.15) is 17.5 Å². The van der Waals surface area contributed by atoms with Gasteiger partial charge in [-0.1, -0.05) is 36.4 Å². The first kappa shape index (κ1) is 13.0. The van der Waals surface area contributed by atoms with Gasteiger partial charge in [0.05, 0.1) is 17.9 Å². The van der Waals surface area contributed by atoms with Crippen LogP contribution < -0.4 is 10.5 Å². The summed E-state index contributed by atoms with van der Waals surface area (Å²) in [4.78, 5) is 0. The second kappa shape index (κ2) is 6.46. The number of nitrogens with zero attached hydrogens (tertiary/aromatic N) is 1. The van der Waals surface area contributed by atoms with E-state index in [4.69, 9.17) is 15.7 Å². The van der Waals surface area contributed by atoms with Crippen LogP contribution in [-0.2, 0) is 6.42 Å². The zero-order chi connectivity index (χ0) is 13.5. The summed E-state index contributed by atoms with van der Waals surface area (Å²) >= 11 is 0. The zero-order valence-electron chi connectivity index (χ0n) is 10.7. The molecule has 0 aliphatic heterocycles. The predicted molar refractivity (Wildman–Crippen MR) is 75.8 cm³/mol. The molecule has 2 aromatic carbocycles. The van der Waals surface area contributed by atoms with E-state index < -0.39 is 0 Å². The molecule has 2 aromatic rings. The molecular formula is C16H16N2O. The molecule has 0 amide bonds. The van der Waals surface area contributed by atoms with Crippen LogP contribution in [0.25, 0.3) is 0 Å². The molecule has 96 valence electrons. The maximum Gasteiger partial charge on any atom is 0.143 e. The van der Waals surface area contributed by atoms with Gasteiger partial charge in [0.1, 0.15) is 11.8 Å². The highest BCUT2D eigenvalue weighted by atomic mass is 16.5. The number of nitriles is 1. The molecule has 0 fully saturated rings. The van der Waals surface area contributed by atoms with Gasteiger partial charge in [0.2, 0.25) is 0 Å². The molecule has 0 spiro atoms. The highest BCUT2D eigenvalue weighted by molar-refractivity contribution is 5.62. The SMILES string of the molecule is N#Cc1cccc(OCCCc2ccccc2)c1N. The number of rotatable bonds is 5. The van der Waals surface area contributed by atoms with Crippen LogP contribution >= 0.6 is 0 Å². The lowest BCUT2D eigenvalue weighted by Gasteiger charge is -2.09. The fourth-order valence-electron chi connectivity index (χ4n) is 1.87. The third kappa shape index (κ3) is 3.49. The molecule has 3 heteroatoms. The molecule has 0 aliphatic carbocycles. The molecule has 0 aliphatic rings. The average Bonchev–Trinajstić information content (AvgIpc) is 2.46. The minimum Gasteiger partial charge on any atom is -0.491 e. The van der Waals surface area contributed by atoms with E-state index in [-0.39, 0.29) is 0 Å². The Morgan fingerprint density at radius 1 is 1.05 bits per heavy atom. The Morgan fingerprint density at radius 3 is 2.58 bits per heavy atom. The van der Waals surface area contributed by atoms with Crippen molar-refractivity contribution in [3.05, 3.63) is 59.7 Å². The van der Waals surface area contributed by atoms with E-state index in [1.54, 1.807) is 18.2 Å². The van der Waals surface area contributed by atoms with Gasteiger partial charge in [0, 0.05) is 0 Å². The van der Waals surface area contributed by atoms with E-state index in [9.17, 15) is 0 Å². The second-order valence-electron chi connectivity index (χ2n) is 4.27. The van der Waals surface area contributed by atoms with E-state index in [2.05, 4.69) is 12.1 Å². The Bertz CT molecular complexity index is 573. The smallest absolute Gasteiger partial charge is 0.143 e. The first-order valence-electron chi connectivity index (χ1n) is 6.26. The predicted octanol–water partition coefficient (Wildman–Crippen LogP) is 3.15. The Morgan fingerprint density at radius 2 is 1.84 bits per heavy atom. The standard InChI is InChI=1S/C16H16N2O/c17-12-14-9-4-10-15(16(14)18)19-11-5-8-13-6-2-1-3-7-13/h1-4,6-7,9-10H,5,8,11,18H2. The topological polar surface area (TPSA) is 59.0 Å². The highest BCUT2D eigenvalue weighted by Gasteiger charge is 2.04. The van der Waals surface area contributed by atoms with Gasteiger partial charge in [-0.2, -0.15) is 5.26 Å². The molecule has 0 unspecified atom stereocenters. The number of hydrogen-bond donors (Lipinski definition) is 1. The maximum absolute atomic E-state index is 8.88. The minimum atomic E-state index is 0.421. The lowest BCUT2D eigenvalue weighted by atomic mass is 10.1. The Kier molecular flexibility index (Phi) is 4.41. The number of aryl methyl sites for hydroxylation is 1. The molecule has 0 aromatic heterocycles. The first-order chi connectivity index (χ1) is 9.31. The first-order valence-corrected chi connectivity index (χ1v) is 6.26. The third-order valence-corrected chi connectivity index (χ3v) is 2.90. The van der Waals surface area contributed by atoms with Gasteiger partial charge in [-0.3, -0.25) is 0 Å². The van der Waals surface area contributed by atoms with Crippen molar-refractivity contribution in [2.75, 3.05) is 12.3 Å². The summed E-state index contributed by atoms with van der Waals surface area (Å²) in [5, 5.41) is 8.88. The number of nitrogens with two attached hydrogens (primary N) is 1. The van der Waals surface area contributed by atoms with Gasteiger partial charge in [-0.05, 0) is 30.5 Å². The van der Waals surface area contributed by atoms with Crippen LogP contribution in [0.4, 0.5) is 5.69 Å². The normalized spacial score (nSPS) is 9.84. The molecule has 0 atom stereocenters. The summed E-state index contributed by atoms with van der Waals surface area (Å²) in [6.07, 6.45) is 1.89. The summed E-state index contributed by atoms with van der Waals surface area (Å²) in [5.41, 5.74) is 8.02. The quantitative estimate of drug-likeness (QED) is 0.657. The monoisotopic (exact) mass is 252 g/mol. The Hall–Kier alpha value is -2.47. The molecule has 0 saturated carbocycles. The average molecular weight is 252 g/mol. The molecule has 0 radical (unpaired) electrons. The van der Waals surface area contributed by atoms with Crippen molar-refractivity contribution in [3.8, 4) is 11.8 Å². The van der Waals surface area contributed by atoms with Gasteiger partial charge in [0.15, 0.2) is 0 Å². The van der Waals surface area contributed by atoms with E-state index in [0.717, 1.165) is 12.8 Å². The van der Waals surface area contributed by atoms with Gasteiger partial charge >= 0.3 is 0 Å². The molecule has 0 heterocycles. The van der Waals surface area contributed by atoms with Gasteiger partial charge in [-0.15, -0.1) is 0 Å². The summed E-state index contributed by atoms with van der Waals surface area (Å²) in [6.45, 7) is 0.591. The van der Waals surface area contributed by atoms with Crippen molar-refractivity contribution in [2.45, 2.75) is 12.8 Å². The van der Waals surface area contributed by atoms with Crippen LogP contribution in [-0.4, -0.2) is 6.61 Å². The van der Waals surface area contributed by atoms with Crippen LogP contribution in [0.5, 0.6) is 5.75 Å². The molecule has 19 heavy (non-hydrogen) atoms. The number of nitrogen functional groups attached to an aromatic ring is 1. The van der Waals surface area contributed by atoms with E-state index in [1.165, 1.54) is 5.56 Å². The lowest BCUT2D eigenvalue weighted by Crippen LogP contribution is -2.02. The maximum atomic E-state index is 8.88. The van der Waals surface area contributed by atoms with E-state index in [0.29, 0.717) is 23.6 Å². The van der Waals surface area contributed by atoms with Crippen molar-refractivity contribution in [3.63, 3.8) is 0 Å². The van der Waals surface area contributed by atoms with Gasteiger partial charge in [0.25, 0.3) is 0 Å². The molecular weight excluding hydrogens is 236 g/mol. The van der Waals surface area contributed by atoms with Crippen LogP contribution in [0.2, 0.25) is 0 Å². The summed E-state index contributed by atoms with van der Waals surface area (Å²) < 4.78 is 5.62. The Balaban J connectivity index is 1.85. The minimum absolute atomic E-state index is 0.421. The number of benzene rings is 2.